The summed E-state index contributed by atoms with van der Waals surface area (Å²) < 4.78 is 0. The van der Waals surface area contributed by atoms with Crippen molar-refractivity contribution in [3.63, 3.8) is 0 Å². The molecule has 2 nitrogen and oxygen atoms in total. The van der Waals surface area contributed by atoms with Gasteiger partial charge in [-0.15, -0.1) is 22.9 Å². The van der Waals surface area contributed by atoms with Crippen LogP contribution in [0.4, 0.5) is 0 Å². The van der Waals surface area contributed by atoms with E-state index in [1.807, 2.05) is 0 Å². The number of rotatable bonds is 3. The predicted octanol–water partition coefficient (Wildman–Crippen LogP) is 3.25. The molecular formula is C11H11ClN2S. The summed E-state index contributed by atoms with van der Waals surface area (Å²) in [5.41, 5.74) is 1.10. The van der Waals surface area contributed by atoms with Crippen molar-refractivity contribution >= 4 is 33.2 Å². The second-order valence-corrected chi connectivity index (χ2v) is 5.47. The Balaban J connectivity index is 1.92. The highest BCUT2D eigenvalue weighted by atomic mass is 35.5. The molecule has 3 rings (SSSR count). The number of alkyl halides is 1. The summed E-state index contributed by atoms with van der Waals surface area (Å²) >= 11 is 7.98. The van der Waals surface area contributed by atoms with Crippen LogP contribution in [0.2, 0.25) is 0 Å². The number of hydrogen-bond acceptors (Lipinski definition) is 3. The lowest BCUT2D eigenvalue weighted by Crippen LogP contribution is -2.07. The van der Waals surface area contributed by atoms with Crippen molar-refractivity contribution in [1.29, 1.82) is 0 Å². The minimum absolute atomic E-state index is 0.253. The molecule has 2 heterocycles. The van der Waals surface area contributed by atoms with Crippen LogP contribution in [0, 0.1) is 5.92 Å². The summed E-state index contributed by atoms with van der Waals surface area (Å²) in [5.74, 6) is 0.718. The van der Waals surface area contributed by atoms with Crippen LogP contribution in [0.1, 0.15) is 18.5 Å². The molecule has 78 valence electrons. The van der Waals surface area contributed by atoms with Gasteiger partial charge < -0.3 is 0 Å². The number of nitrogens with zero attached hydrogens (tertiary/aromatic N) is 2. The van der Waals surface area contributed by atoms with Crippen LogP contribution in [0.25, 0.3) is 10.2 Å². The molecule has 0 amide bonds. The van der Waals surface area contributed by atoms with Crippen LogP contribution < -0.4 is 0 Å². The van der Waals surface area contributed by atoms with Crippen molar-refractivity contribution in [1.82, 2.24) is 9.97 Å². The fourth-order valence-corrected chi connectivity index (χ4v) is 2.97. The van der Waals surface area contributed by atoms with Gasteiger partial charge in [0.15, 0.2) is 0 Å². The van der Waals surface area contributed by atoms with Crippen LogP contribution in [0.3, 0.4) is 0 Å². The second kappa shape index (κ2) is 3.72. The van der Waals surface area contributed by atoms with E-state index in [1.54, 1.807) is 17.7 Å². The number of fused-ring (bicyclic) bond motifs is 1. The maximum Gasteiger partial charge on any atom is 0.126 e. The Hall–Kier alpha value is -0.670. The lowest BCUT2D eigenvalue weighted by molar-refractivity contribution is 0.727. The molecule has 1 aliphatic carbocycles. The van der Waals surface area contributed by atoms with E-state index in [0.717, 1.165) is 22.9 Å². The van der Waals surface area contributed by atoms with Crippen molar-refractivity contribution in [2.24, 2.45) is 5.92 Å². The van der Waals surface area contributed by atoms with E-state index in [-0.39, 0.29) is 5.38 Å². The average molecular weight is 239 g/mol. The van der Waals surface area contributed by atoms with Crippen LogP contribution in [0.5, 0.6) is 0 Å². The molecule has 1 unspecified atom stereocenters. The molecule has 2 aromatic rings. The number of halogens is 1. The normalized spacial score (nSPS) is 18.2. The Labute approximate surface area is 97.3 Å². The molecule has 4 heteroatoms. The fourth-order valence-electron chi connectivity index (χ4n) is 1.81. The minimum Gasteiger partial charge on any atom is -0.241 e. The van der Waals surface area contributed by atoms with E-state index in [1.165, 1.54) is 18.2 Å². The van der Waals surface area contributed by atoms with Crippen LogP contribution >= 0.6 is 22.9 Å². The van der Waals surface area contributed by atoms with Gasteiger partial charge in [0.05, 0.1) is 5.69 Å². The third-order valence-electron chi connectivity index (χ3n) is 2.87. The third-order valence-corrected chi connectivity index (χ3v) is 4.20. The Bertz CT molecular complexity index is 478. The molecule has 0 N–H and O–H groups in total. The first kappa shape index (κ1) is 9.55. The van der Waals surface area contributed by atoms with E-state index in [4.69, 9.17) is 11.6 Å². The van der Waals surface area contributed by atoms with Crippen molar-refractivity contribution in [3.8, 4) is 0 Å². The van der Waals surface area contributed by atoms with Gasteiger partial charge >= 0.3 is 0 Å². The fraction of sp³-hybridized carbons (Fsp3) is 0.455. The first-order valence-corrected chi connectivity index (χ1v) is 6.47. The minimum atomic E-state index is 0.253. The van der Waals surface area contributed by atoms with Gasteiger partial charge in [-0.2, -0.15) is 0 Å². The topological polar surface area (TPSA) is 25.8 Å². The summed E-state index contributed by atoms with van der Waals surface area (Å²) in [5, 5.41) is 3.49. The van der Waals surface area contributed by atoms with Crippen molar-refractivity contribution in [3.05, 3.63) is 23.5 Å². The van der Waals surface area contributed by atoms with Gasteiger partial charge in [0.25, 0.3) is 0 Å². The molecule has 0 aromatic carbocycles. The third kappa shape index (κ3) is 1.86. The molecule has 2 aromatic heterocycles. The highest BCUT2D eigenvalue weighted by Crippen LogP contribution is 2.37. The van der Waals surface area contributed by atoms with Crippen molar-refractivity contribution < 1.29 is 0 Å². The molecule has 0 saturated heterocycles. The zero-order valence-electron chi connectivity index (χ0n) is 8.19. The molecular weight excluding hydrogens is 228 g/mol. The number of aromatic nitrogens is 2. The lowest BCUT2D eigenvalue weighted by Gasteiger charge is -2.07. The number of thiophene rings is 1. The summed E-state index contributed by atoms with van der Waals surface area (Å²) in [4.78, 5) is 9.64. The lowest BCUT2D eigenvalue weighted by atomic mass is 10.1. The maximum atomic E-state index is 6.32. The molecule has 0 spiro atoms. The average Bonchev–Trinajstić information content (AvgIpc) is 2.97. The van der Waals surface area contributed by atoms with Gasteiger partial charge in [-0.1, -0.05) is 0 Å². The summed E-state index contributed by atoms with van der Waals surface area (Å²) in [6.07, 6.45) is 5.09. The summed E-state index contributed by atoms with van der Waals surface area (Å²) in [6, 6.07) is 2.09. The number of hydrogen-bond donors (Lipinski definition) is 0. The summed E-state index contributed by atoms with van der Waals surface area (Å²) in [6.45, 7) is 0. The Morgan fingerprint density at radius 3 is 3.13 bits per heavy atom. The molecule has 1 saturated carbocycles. The van der Waals surface area contributed by atoms with Crippen molar-refractivity contribution in [2.45, 2.75) is 24.6 Å². The van der Waals surface area contributed by atoms with Crippen LogP contribution in [-0.2, 0) is 6.42 Å². The van der Waals surface area contributed by atoms with Gasteiger partial charge in [0.1, 0.15) is 11.2 Å². The van der Waals surface area contributed by atoms with Crippen LogP contribution in [0.15, 0.2) is 17.8 Å². The van der Waals surface area contributed by atoms with Gasteiger partial charge in [-0.25, -0.2) is 9.97 Å². The van der Waals surface area contributed by atoms with Gasteiger partial charge in [0.2, 0.25) is 0 Å². The SMILES string of the molecule is ClC(Cc1ncnc2sccc12)C1CC1. The highest BCUT2D eigenvalue weighted by Gasteiger charge is 2.30. The van der Waals surface area contributed by atoms with E-state index < -0.39 is 0 Å². The van der Waals surface area contributed by atoms with E-state index in [9.17, 15) is 0 Å². The first-order chi connectivity index (χ1) is 7.34. The molecule has 0 aliphatic heterocycles. The van der Waals surface area contributed by atoms with E-state index in [2.05, 4.69) is 21.4 Å². The quantitative estimate of drug-likeness (QED) is 0.768. The van der Waals surface area contributed by atoms with Crippen LogP contribution in [-0.4, -0.2) is 15.3 Å². The molecule has 0 bridgehead atoms. The smallest absolute Gasteiger partial charge is 0.126 e. The molecule has 1 aliphatic rings. The Morgan fingerprint density at radius 1 is 1.47 bits per heavy atom. The van der Waals surface area contributed by atoms with E-state index >= 15 is 0 Å². The zero-order chi connectivity index (χ0) is 10.3. The van der Waals surface area contributed by atoms with Crippen molar-refractivity contribution in [2.75, 3.05) is 0 Å². The monoisotopic (exact) mass is 238 g/mol. The molecule has 1 atom stereocenters. The largest absolute Gasteiger partial charge is 0.241 e. The summed E-state index contributed by atoms with van der Waals surface area (Å²) in [7, 11) is 0. The second-order valence-electron chi connectivity index (χ2n) is 4.02. The molecule has 0 radical (unpaired) electrons. The standard InChI is InChI=1S/C11H11ClN2S/c12-9(7-1-2-7)5-10-8-3-4-15-11(8)14-6-13-10/h3-4,6-7,9H,1-2,5H2. The Kier molecular flexibility index (Phi) is 2.37. The first-order valence-electron chi connectivity index (χ1n) is 5.16. The van der Waals surface area contributed by atoms with Gasteiger partial charge in [-0.05, 0) is 30.2 Å². The Morgan fingerprint density at radius 2 is 2.33 bits per heavy atom. The molecule has 15 heavy (non-hydrogen) atoms. The van der Waals surface area contributed by atoms with Gasteiger partial charge in [0, 0.05) is 17.2 Å². The van der Waals surface area contributed by atoms with E-state index in [0.29, 0.717) is 0 Å². The highest BCUT2D eigenvalue weighted by molar-refractivity contribution is 7.16. The molecule has 1 fully saturated rings. The maximum absolute atomic E-state index is 6.32. The zero-order valence-corrected chi connectivity index (χ0v) is 9.76. The van der Waals surface area contributed by atoms with Gasteiger partial charge in [-0.3, -0.25) is 0 Å². The predicted molar refractivity (Wildman–Crippen MR) is 63.5 cm³/mol.